The van der Waals surface area contributed by atoms with Gasteiger partial charge in [0.2, 0.25) is 0 Å². The molecule has 0 radical (unpaired) electrons. The van der Waals surface area contributed by atoms with Crippen LogP contribution in [-0.4, -0.2) is 73.7 Å². The van der Waals surface area contributed by atoms with Crippen molar-refractivity contribution in [3.05, 3.63) is 0 Å². The molecule has 0 aromatic heterocycles. The number of rotatable bonds is 6. The summed E-state index contributed by atoms with van der Waals surface area (Å²) in [6.07, 6.45) is 2.39. The molecule has 22 heavy (non-hydrogen) atoms. The van der Waals surface area contributed by atoms with Gasteiger partial charge in [-0.3, -0.25) is 4.99 Å². The predicted octanol–water partition coefficient (Wildman–Crippen LogP) is 1.75. The average Bonchev–Trinajstić information content (AvgIpc) is 2.45. The number of aliphatic imine (C=N–C) groups is 1. The molecule has 1 fully saturated rings. The second-order valence-corrected chi connectivity index (χ2v) is 7.45. The Hall–Kier alpha value is -0.810. The highest BCUT2D eigenvalue weighted by atomic mass is 15.2. The zero-order chi connectivity index (χ0) is 16.8. The minimum Gasteiger partial charge on any atom is -0.357 e. The quantitative estimate of drug-likeness (QED) is 0.579. The Balaban J connectivity index is 2.54. The lowest BCUT2D eigenvalue weighted by molar-refractivity contribution is 0.167. The summed E-state index contributed by atoms with van der Waals surface area (Å²) in [4.78, 5) is 9.57. The molecule has 0 unspecified atom stereocenters. The summed E-state index contributed by atoms with van der Waals surface area (Å²) in [7, 11) is 4.22. The zero-order valence-corrected chi connectivity index (χ0v) is 15.7. The minimum atomic E-state index is 0.0728. The Morgan fingerprint density at radius 3 is 2.32 bits per heavy atom. The van der Waals surface area contributed by atoms with Gasteiger partial charge in [0.05, 0.1) is 6.54 Å². The minimum absolute atomic E-state index is 0.0728. The summed E-state index contributed by atoms with van der Waals surface area (Å²) in [6, 6.07) is 1.19. The molecule has 0 spiro atoms. The van der Waals surface area contributed by atoms with E-state index in [2.05, 4.69) is 69.1 Å². The highest BCUT2D eigenvalue weighted by molar-refractivity contribution is 5.80. The second kappa shape index (κ2) is 8.73. The Morgan fingerprint density at radius 1 is 1.27 bits per heavy atom. The fourth-order valence-electron chi connectivity index (χ4n) is 2.49. The van der Waals surface area contributed by atoms with Crippen molar-refractivity contribution in [1.29, 1.82) is 0 Å². The molecule has 5 heteroatoms. The van der Waals surface area contributed by atoms with Gasteiger partial charge in [-0.25, -0.2) is 0 Å². The fraction of sp³-hybridized carbons (Fsp3) is 0.941. The van der Waals surface area contributed by atoms with Crippen molar-refractivity contribution in [2.75, 3.05) is 40.3 Å². The Kier molecular flexibility index (Phi) is 7.63. The van der Waals surface area contributed by atoms with E-state index in [0.29, 0.717) is 12.1 Å². The normalized spacial score (nSPS) is 19.0. The molecule has 0 amide bonds. The third-order valence-electron chi connectivity index (χ3n) is 4.78. The Labute approximate surface area is 137 Å². The molecule has 130 valence electrons. The first-order chi connectivity index (χ1) is 10.3. The van der Waals surface area contributed by atoms with Gasteiger partial charge in [-0.15, -0.1) is 0 Å². The van der Waals surface area contributed by atoms with E-state index in [9.17, 15) is 0 Å². The largest absolute Gasteiger partial charge is 0.357 e. The van der Waals surface area contributed by atoms with E-state index in [1.807, 2.05) is 0 Å². The standard InChI is InChI=1S/C17H37N5/c1-8-18-16(19-13-17(4,5)21(6)7)20-15-9-11-22(12-10-15)14(2)3/h14-15H,8-13H2,1-7H3,(H2,18,19,20). The number of guanidine groups is 1. The van der Waals surface area contributed by atoms with E-state index in [4.69, 9.17) is 4.99 Å². The molecule has 1 heterocycles. The molecule has 1 rings (SSSR count). The van der Waals surface area contributed by atoms with Crippen LogP contribution in [0.5, 0.6) is 0 Å². The van der Waals surface area contributed by atoms with Gasteiger partial charge in [0.25, 0.3) is 0 Å². The summed E-state index contributed by atoms with van der Waals surface area (Å²) < 4.78 is 0. The van der Waals surface area contributed by atoms with Gasteiger partial charge in [0, 0.05) is 37.3 Å². The third-order valence-corrected chi connectivity index (χ3v) is 4.78. The van der Waals surface area contributed by atoms with E-state index in [1.54, 1.807) is 0 Å². The lowest BCUT2D eigenvalue weighted by atomic mass is 10.0. The monoisotopic (exact) mass is 311 g/mol. The van der Waals surface area contributed by atoms with Crippen molar-refractivity contribution >= 4 is 5.96 Å². The number of hydrogen-bond acceptors (Lipinski definition) is 3. The first-order valence-corrected chi connectivity index (χ1v) is 8.72. The van der Waals surface area contributed by atoms with Gasteiger partial charge in [-0.1, -0.05) is 0 Å². The molecule has 0 saturated carbocycles. The van der Waals surface area contributed by atoms with Crippen molar-refractivity contribution in [2.45, 2.75) is 65.1 Å². The van der Waals surface area contributed by atoms with Gasteiger partial charge in [-0.05, 0) is 61.6 Å². The maximum absolute atomic E-state index is 4.79. The van der Waals surface area contributed by atoms with Gasteiger partial charge < -0.3 is 20.4 Å². The van der Waals surface area contributed by atoms with Crippen molar-refractivity contribution < 1.29 is 0 Å². The maximum atomic E-state index is 4.79. The van der Waals surface area contributed by atoms with Crippen molar-refractivity contribution in [1.82, 2.24) is 20.4 Å². The highest BCUT2D eigenvalue weighted by Gasteiger charge is 2.23. The number of piperidine rings is 1. The number of likely N-dealkylation sites (tertiary alicyclic amines) is 1. The predicted molar refractivity (Wildman–Crippen MR) is 96.6 cm³/mol. The molecule has 2 N–H and O–H groups in total. The molecule has 0 aromatic rings. The van der Waals surface area contributed by atoms with E-state index < -0.39 is 0 Å². The molecule has 0 bridgehead atoms. The van der Waals surface area contributed by atoms with Gasteiger partial charge in [0.15, 0.2) is 5.96 Å². The van der Waals surface area contributed by atoms with Crippen molar-refractivity contribution in [2.24, 2.45) is 4.99 Å². The topological polar surface area (TPSA) is 42.9 Å². The first kappa shape index (κ1) is 19.2. The molecule has 1 aliphatic heterocycles. The molecule has 1 saturated heterocycles. The molecule has 0 aliphatic carbocycles. The smallest absolute Gasteiger partial charge is 0.191 e. The van der Waals surface area contributed by atoms with Crippen LogP contribution in [0.3, 0.4) is 0 Å². The van der Waals surface area contributed by atoms with Crippen LogP contribution in [-0.2, 0) is 0 Å². The molecule has 5 nitrogen and oxygen atoms in total. The van der Waals surface area contributed by atoms with Crippen LogP contribution in [0.4, 0.5) is 0 Å². The lowest BCUT2D eigenvalue weighted by Crippen LogP contribution is -2.50. The van der Waals surface area contributed by atoms with E-state index >= 15 is 0 Å². The summed E-state index contributed by atoms with van der Waals surface area (Å²) >= 11 is 0. The van der Waals surface area contributed by atoms with Crippen LogP contribution in [0.15, 0.2) is 4.99 Å². The molecular formula is C17H37N5. The van der Waals surface area contributed by atoms with Gasteiger partial charge in [-0.2, -0.15) is 0 Å². The van der Waals surface area contributed by atoms with Crippen LogP contribution < -0.4 is 10.6 Å². The summed E-state index contributed by atoms with van der Waals surface area (Å²) in [5.41, 5.74) is 0.0728. The van der Waals surface area contributed by atoms with Gasteiger partial charge in [0.1, 0.15) is 0 Å². The molecular weight excluding hydrogens is 274 g/mol. The summed E-state index contributed by atoms with van der Waals surface area (Å²) in [6.45, 7) is 15.2. The Bertz CT molecular complexity index is 341. The first-order valence-electron chi connectivity index (χ1n) is 8.72. The number of nitrogens with one attached hydrogen (secondary N) is 2. The number of hydrogen-bond donors (Lipinski definition) is 2. The van der Waals surface area contributed by atoms with Crippen LogP contribution in [0.1, 0.15) is 47.5 Å². The molecule has 1 aliphatic rings. The lowest BCUT2D eigenvalue weighted by Gasteiger charge is -2.35. The van der Waals surface area contributed by atoms with Crippen LogP contribution in [0.25, 0.3) is 0 Å². The molecule has 0 aromatic carbocycles. The van der Waals surface area contributed by atoms with E-state index in [1.165, 1.54) is 25.9 Å². The third kappa shape index (κ3) is 6.13. The SMILES string of the molecule is CCNC(=NCC(C)(C)N(C)C)NC1CCN(C(C)C)CC1. The Morgan fingerprint density at radius 2 is 1.86 bits per heavy atom. The van der Waals surface area contributed by atoms with Crippen LogP contribution in [0.2, 0.25) is 0 Å². The maximum Gasteiger partial charge on any atom is 0.191 e. The van der Waals surface area contributed by atoms with Crippen molar-refractivity contribution in [3.8, 4) is 0 Å². The van der Waals surface area contributed by atoms with Crippen LogP contribution >= 0.6 is 0 Å². The molecule has 0 atom stereocenters. The van der Waals surface area contributed by atoms with E-state index in [-0.39, 0.29) is 5.54 Å². The summed E-state index contributed by atoms with van der Waals surface area (Å²) in [5.74, 6) is 0.959. The fourth-order valence-corrected chi connectivity index (χ4v) is 2.49. The number of nitrogens with zero attached hydrogens (tertiary/aromatic N) is 3. The second-order valence-electron chi connectivity index (χ2n) is 7.45. The van der Waals surface area contributed by atoms with E-state index in [0.717, 1.165) is 19.0 Å². The van der Waals surface area contributed by atoms with Crippen LogP contribution in [0, 0.1) is 0 Å². The summed E-state index contributed by atoms with van der Waals surface area (Å²) in [5, 5.41) is 7.00. The average molecular weight is 312 g/mol. The van der Waals surface area contributed by atoms with Gasteiger partial charge >= 0.3 is 0 Å². The van der Waals surface area contributed by atoms with Crippen molar-refractivity contribution in [3.63, 3.8) is 0 Å². The zero-order valence-electron chi connectivity index (χ0n) is 15.7. The highest BCUT2D eigenvalue weighted by Crippen LogP contribution is 2.13. The number of likely N-dealkylation sites (N-methyl/N-ethyl adjacent to an activating group) is 1.